The number of carbonyl (C=O) groups excluding carboxylic acids is 1. The minimum absolute atomic E-state index is 0.306. The van der Waals surface area contributed by atoms with Crippen molar-refractivity contribution in [2.75, 3.05) is 5.32 Å². The largest absolute Gasteiger partial charge is 0.488 e. The van der Waals surface area contributed by atoms with Crippen LogP contribution in [0.2, 0.25) is 0 Å². The van der Waals surface area contributed by atoms with Crippen LogP contribution in [0.5, 0.6) is 5.75 Å². The Hall–Kier alpha value is -4.27. The van der Waals surface area contributed by atoms with Crippen molar-refractivity contribution in [2.45, 2.75) is 20.5 Å². The molecule has 5 aromatic rings. The first-order valence-electron chi connectivity index (χ1n) is 12.6. The standard InChI is InChI=1S/C32H27BrN4O2S/c1-21-6-13-28(14-7-21)35-32-36-29(20-40-32)24-8-10-25(11-9-24)31(38)37-34-18-26-17-27(33)12-15-30(26)39-19-23-5-3-4-22(2)16-23/h3-18,20H,19H2,1-2H3,(H,35,36)(H,37,38)/b34-18-. The lowest BCUT2D eigenvalue weighted by Crippen LogP contribution is -2.17. The number of halogens is 1. The number of hydrogen-bond acceptors (Lipinski definition) is 6. The van der Waals surface area contributed by atoms with Gasteiger partial charge in [-0.2, -0.15) is 5.10 Å². The Labute approximate surface area is 245 Å². The first-order valence-corrected chi connectivity index (χ1v) is 14.3. The monoisotopic (exact) mass is 610 g/mol. The molecule has 200 valence electrons. The normalized spacial score (nSPS) is 11.0. The summed E-state index contributed by atoms with van der Waals surface area (Å²) in [5.41, 5.74) is 10.1. The summed E-state index contributed by atoms with van der Waals surface area (Å²) < 4.78 is 6.92. The van der Waals surface area contributed by atoms with E-state index in [0.29, 0.717) is 17.9 Å². The molecule has 0 aliphatic heterocycles. The van der Waals surface area contributed by atoms with Gasteiger partial charge in [-0.15, -0.1) is 11.3 Å². The van der Waals surface area contributed by atoms with E-state index in [1.54, 1.807) is 18.3 Å². The van der Waals surface area contributed by atoms with Crippen molar-refractivity contribution >= 4 is 50.2 Å². The van der Waals surface area contributed by atoms with Crippen LogP contribution in [0.25, 0.3) is 11.3 Å². The van der Waals surface area contributed by atoms with Gasteiger partial charge in [0, 0.05) is 32.2 Å². The molecule has 4 aromatic carbocycles. The highest BCUT2D eigenvalue weighted by Crippen LogP contribution is 2.28. The van der Waals surface area contributed by atoms with Gasteiger partial charge in [0.25, 0.3) is 5.91 Å². The van der Waals surface area contributed by atoms with Gasteiger partial charge in [-0.05, 0) is 61.9 Å². The summed E-state index contributed by atoms with van der Waals surface area (Å²) in [5.74, 6) is 0.367. The quantitative estimate of drug-likeness (QED) is 0.130. The number of nitrogens with zero attached hydrogens (tertiary/aromatic N) is 2. The molecular weight excluding hydrogens is 584 g/mol. The second-order valence-corrected chi connectivity index (χ2v) is 11.0. The molecule has 0 radical (unpaired) electrons. The van der Waals surface area contributed by atoms with Crippen molar-refractivity contribution in [3.8, 4) is 17.0 Å². The van der Waals surface area contributed by atoms with Gasteiger partial charge >= 0.3 is 0 Å². The van der Waals surface area contributed by atoms with Crippen molar-refractivity contribution in [2.24, 2.45) is 5.10 Å². The predicted molar refractivity (Wildman–Crippen MR) is 167 cm³/mol. The van der Waals surface area contributed by atoms with Gasteiger partial charge in [0.15, 0.2) is 5.13 Å². The lowest BCUT2D eigenvalue weighted by atomic mass is 10.1. The highest BCUT2D eigenvalue weighted by atomic mass is 79.9. The van der Waals surface area contributed by atoms with E-state index in [-0.39, 0.29) is 5.91 Å². The molecule has 40 heavy (non-hydrogen) atoms. The first kappa shape index (κ1) is 27.3. The van der Waals surface area contributed by atoms with Gasteiger partial charge in [-0.1, -0.05) is 75.6 Å². The number of ether oxygens (including phenoxy) is 1. The fourth-order valence-electron chi connectivity index (χ4n) is 3.96. The molecule has 8 heteroatoms. The maximum Gasteiger partial charge on any atom is 0.271 e. The van der Waals surface area contributed by atoms with Crippen molar-refractivity contribution in [1.29, 1.82) is 0 Å². The molecule has 1 amide bonds. The Morgan fingerprint density at radius 3 is 2.55 bits per heavy atom. The molecule has 0 saturated carbocycles. The molecular formula is C32H27BrN4O2S. The third kappa shape index (κ3) is 7.22. The topological polar surface area (TPSA) is 75.6 Å². The fraction of sp³-hybridized carbons (Fsp3) is 0.0938. The van der Waals surface area contributed by atoms with Crippen molar-refractivity contribution in [3.63, 3.8) is 0 Å². The van der Waals surface area contributed by atoms with E-state index in [4.69, 9.17) is 4.74 Å². The van der Waals surface area contributed by atoms with E-state index in [0.717, 1.165) is 37.7 Å². The average Bonchev–Trinajstić information content (AvgIpc) is 3.42. The third-order valence-electron chi connectivity index (χ3n) is 6.07. The highest BCUT2D eigenvalue weighted by Gasteiger charge is 2.09. The average molecular weight is 612 g/mol. The van der Waals surface area contributed by atoms with E-state index >= 15 is 0 Å². The number of carbonyl (C=O) groups is 1. The number of hydrazone groups is 1. The summed E-state index contributed by atoms with van der Waals surface area (Å²) in [6.45, 7) is 4.55. The molecule has 2 N–H and O–H groups in total. The SMILES string of the molecule is Cc1ccc(Nc2nc(-c3ccc(C(=O)N/N=C\c4cc(Br)ccc4OCc4cccc(C)c4)cc3)cs2)cc1. The zero-order valence-electron chi connectivity index (χ0n) is 22.0. The van der Waals surface area contributed by atoms with Crippen LogP contribution in [-0.4, -0.2) is 17.1 Å². The lowest BCUT2D eigenvalue weighted by Gasteiger charge is -2.10. The second kappa shape index (κ2) is 12.7. The van der Waals surface area contributed by atoms with Crippen LogP contribution < -0.4 is 15.5 Å². The molecule has 1 aromatic heterocycles. The maximum absolute atomic E-state index is 12.7. The minimum atomic E-state index is -0.306. The van der Waals surface area contributed by atoms with Crippen LogP contribution in [-0.2, 0) is 6.61 Å². The number of rotatable bonds is 9. The van der Waals surface area contributed by atoms with Crippen LogP contribution in [0.4, 0.5) is 10.8 Å². The van der Waals surface area contributed by atoms with Crippen LogP contribution in [0, 0.1) is 13.8 Å². The number of aryl methyl sites for hydroxylation is 2. The molecule has 6 nitrogen and oxygen atoms in total. The highest BCUT2D eigenvalue weighted by molar-refractivity contribution is 9.10. The van der Waals surface area contributed by atoms with Gasteiger partial charge in [-0.25, -0.2) is 10.4 Å². The van der Waals surface area contributed by atoms with Crippen LogP contribution in [0.1, 0.15) is 32.6 Å². The number of aromatic nitrogens is 1. The number of anilines is 2. The molecule has 0 bridgehead atoms. The Morgan fingerprint density at radius 1 is 0.975 bits per heavy atom. The van der Waals surface area contributed by atoms with Gasteiger partial charge in [-0.3, -0.25) is 4.79 Å². The van der Waals surface area contributed by atoms with Gasteiger partial charge in [0.05, 0.1) is 11.9 Å². The van der Waals surface area contributed by atoms with Crippen LogP contribution in [0.3, 0.4) is 0 Å². The van der Waals surface area contributed by atoms with Gasteiger partial charge in [0.2, 0.25) is 0 Å². The maximum atomic E-state index is 12.7. The van der Waals surface area contributed by atoms with Gasteiger partial charge < -0.3 is 10.1 Å². The molecule has 0 fully saturated rings. The number of thiazole rings is 1. The summed E-state index contributed by atoms with van der Waals surface area (Å²) in [7, 11) is 0. The first-order chi connectivity index (χ1) is 19.4. The van der Waals surface area contributed by atoms with Crippen molar-refractivity contribution < 1.29 is 9.53 Å². The zero-order valence-corrected chi connectivity index (χ0v) is 24.4. The van der Waals surface area contributed by atoms with E-state index in [1.165, 1.54) is 22.5 Å². The summed E-state index contributed by atoms with van der Waals surface area (Å²) >= 11 is 5.03. The summed E-state index contributed by atoms with van der Waals surface area (Å²) in [5, 5.41) is 10.3. The Bertz CT molecular complexity index is 1650. The Morgan fingerprint density at radius 2 is 1.77 bits per heavy atom. The molecule has 0 atom stereocenters. The van der Waals surface area contributed by atoms with Crippen molar-refractivity contribution in [1.82, 2.24) is 10.4 Å². The summed E-state index contributed by atoms with van der Waals surface area (Å²) in [6.07, 6.45) is 1.58. The zero-order chi connectivity index (χ0) is 27.9. The van der Waals surface area contributed by atoms with E-state index < -0.39 is 0 Å². The van der Waals surface area contributed by atoms with Crippen molar-refractivity contribution in [3.05, 3.63) is 129 Å². The van der Waals surface area contributed by atoms with E-state index in [9.17, 15) is 4.79 Å². The number of nitrogens with one attached hydrogen (secondary N) is 2. The lowest BCUT2D eigenvalue weighted by molar-refractivity contribution is 0.0955. The molecule has 1 heterocycles. The smallest absolute Gasteiger partial charge is 0.271 e. The molecule has 5 rings (SSSR count). The molecule has 0 unspecified atom stereocenters. The molecule has 0 aliphatic carbocycles. The third-order valence-corrected chi connectivity index (χ3v) is 7.32. The minimum Gasteiger partial charge on any atom is -0.488 e. The second-order valence-electron chi connectivity index (χ2n) is 9.27. The Balaban J connectivity index is 1.20. The van der Waals surface area contributed by atoms with Crippen LogP contribution >= 0.6 is 27.3 Å². The number of hydrogen-bond donors (Lipinski definition) is 2. The predicted octanol–water partition coefficient (Wildman–Crippen LogP) is 8.28. The fourth-order valence-corrected chi connectivity index (χ4v) is 5.07. The van der Waals surface area contributed by atoms with Crippen LogP contribution in [0.15, 0.2) is 106 Å². The molecule has 0 aliphatic rings. The number of amides is 1. The molecule has 0 saturated heterocycles. The van der Waals surface area contributed by atoms with E-state index in [2.05, 4.69) is 74.9 Å². The number of benzene rings is 4. The molecule has 0 spiro atoms. The van der Waals surface area contributed by atoms with Gasteiger partial charge in [0.1, 0.15) is 12.4 Å². The Kier molecular flexibility index (Phi) is 8.68. The summed E-state index contributed by atoms with van der Waals surface area (Å²) in [4.78, 5) is 17.4. The summed E-state index contributed by atoms with van der Waals surface area (Å²) in [6, 6.07) is 29.3. The van der Waals surface area contributed by atoms with E-state index in [1.807, 2.05) is 60.0 Å².